The molecule has 4 N–H and O–H groups in total. The molecule has 0 aliphatic rings. The second kappa shape index (κ2) is 5.47. The normalized spacial score (nSPS) is 12.6. The molecular weight excluding hydrogens is 192 g/mol. The van der Waals surface area contributed by atoms with Gasteiger partial charge in [0.25, 0.3) is 0 Å². The summed E-state index contributed by atoms with van der Waals surface area (Å²) in [6.45, 7) is 3.03. The third kappa shape index (κ3) is 4.09. The minimum absolute atomic E-state index is 0.320. The van der Waals surface area contributed by atoms with Gasteiger partial charge < -0.3 is 10.2 Å². The second-order valence-corrected chi connectivity index (χ2v) is 3.72. The zero-order valence-electron chi connectivity index (χ0n) is 9.36. The summed E-state index contributed by atoms with van der Waals surface area (Å²) in [5, 5.41) is 3.26. The standard InChI is InChI=1S/C9H18N6/c1-7(6-15(2)3)12-8-4-5-11-9(13-8)14-10/h4-5,7H,6,10H2,1-3H3,(H2,11,12,13,14). The van der Waals surface area contributed by atoms with E-state index in [0.29, 0.717) is 12.0 Å². The zero-order valence-corrected chi connectivity index (χ0v) is 9.36. The number of rotatable bonds is 5. The Morgan fingerprint density at radius 3 is 2.87 bits per heavy atom. The Labute approximate surface area is 89.9 Å². The van der Waals surface area contributed by atoms with E-state index in [1.165, 1.54) is 0 Å². The first-order valence-electron chi connectivity index (χ1n) is 4.82. The maximum absolute atomic E-state index is 5.22. The summed E-state index contributed by atoms with van der Waals surface area (Å²) in [4.78, 5) is 10.2. The van der Waals surface area contributed by atoms with Crippen LogP contribution < -0.4 is 16.6 Å². The van der Waals surface area contributed by atoms with Crippen molar-refractivity contribution in [3.05, 3.63) is 12.3 Å². The van der Waals surface area contributed by atoms with Crippen LogP contribution in [0.5, 0.6) is 0 Å². The molecule has 6 nitrogen and oxygen atoms in total. The third-order valence-electron chi connectivity index (χ3n) is 1.82. The van der Waals surface area contributed by atoms with Crippen LogP contribution in [0.15, 0.2) is 12.3 Å². The first kappa shape index (κ1) is 11.7. The van der Waals surface area contributed by atoms with Gasteiger partial charge in [0.15, 0.2) is 0 Å². The molecule has 0 saturated carbocycles. The number of anilines is 2. The summed E-state index contributed by atoms with van der Waals surface area (Å²) in [6.07, 6.45) is 1.66. The Hall–Kier alpha value is -1.40. The fourth-order valence-electron chi connectivity index (χ4n) is 1.35. The van der Waals surface area contributed by atoms with Gasteiger partial charge in [0.05, 0.1) is 0 Å². The maximum atomic E-state index is 5.22. The van der Waals surface area contributed by atoms with E-state index in [0.717, 1.165) is 12.4 Å². The lowest BCUT2D eigenvalue weighted by Gasteiger charge is -2.18. The second-order valence-electron chi connectivity index (χ2n) is 3.72. The van der Waals surface area contributed by atoms with Gasteiger partial charge in [0.2, 0.25) is 5.95 Å². The minimum atomic E-state index is 0.320. The Balaban J connectivity index is 2.55. The number of nitrogen functional groups attached to an aromatic ring is 1. The maximum Gasteiger partial charge on any atom is 0.239 e. The molecule has 0 radical (unpaired) electrons. The van der Waals surface area contributed by atoms with Gasteiger partial charge >= 0.3 is 0 Å². The van der Waals surface area contributed by atoms with Crippen molar-refractivity contribution >= 4 is 11.8 Å². The van der Waals surface area contributed by atoms with Crippen molar-refractivity contribution < 1.29 is 0 Å². The van der Waals surface area contributed by atoms with Crippen molar-refractivity contribution in [3.8, 4) is 0 Å². The molecular formula is C9H18N6. The van der Waals surface area contributed by atoms with E-state index < -0.39 is 0 Å². The molecule has 6 heteroatoms. The lowest BCUT2D eigenvalue weighted by atomic mass is 10.3. The lowest BCUT2D eigenvalue weighted by molar-refractivity contribution is 0.392. The van der Waals surface area contributed by atoms with Gasteiger partial charge in [-0.2, -0.15) is 4.98 Å². The number of nitrogens with one attached hydrogen (secondary N) is 2. The van der Waals surface area contributed by atoms with Crippen molar-refractivity contribution in [3.63, 3.8) is 0 Å². The van der Waals surface area contributed by atoms with E-state index in [4.69, 9.17) is 5.84 Å². The number of hydrogen-bond acceptors (Lipinski definition) is 6. The predicted octanol–water partition coefficient (Wildman–Crippen LogP) is 0.124. The van der Waals surface area contributed by atoms with Crippen LogP contribution in [0.2, 0.25) is 0 Å². The molecule has 0 amide bonds. The van der Waals surface area contributed by atoms with Crippen molar-refractivity contribution in [2.45, 2.75) is 13.0 Å². The molecule has 0 bridgehead atoms. The number of aromatic nitrogens is 2. The van der Waals surface area contributed by atoms with Crippen LogP contribution in [0.4, 0.5) is 11.8 Å². The molecule has 84 valence electrons. The van der Waals surface area contributed by atoms with Crippen molar-refractivity contribution in [1.82, 2.24) is 14.9 Å². The van der Waals surface area contributed by atoms with Crippen molar-refractivity contribution in [1.29, 1.82) is 0 Å². The Morgan fingerprint density at radius 1 is 1.53 bits per heavy atom. The zero-order chi connectivity index (χ0) is 11.3. The van der Waals surface area contributed by atoms with Gasteiger partial charge in [0.1, 0.15) is 5.82 Å². The largest absolute Gasteiger partial charge is 0.366 e. The van der Waals surface area contributed by atoms with Crippen LogP contribution >= 0.6 is 0 Å². The average Bonchev–Trinajstić information content (AvgIpc) is 2.16. The lowest BCUT2D eigenvalue weighted by Crippen LogP contribution is -2.30. The minimum Gasteiger partial charge on any atom is -0.366 e. The molecule has 1 aromatic heterocycles. The summed E-state index contributed by atoms with van der Waals surface area (Å²) in [7, 11) is 4.07. The number of hydrogen-bond donors (Lipinski definition) is 3. The highest BCUT2D eigenvalue weighted by Gasteiger charge is 2.04. The van der Waals surface area contributed by atoms with Crippen molar-refractivity contribution in [2.75, 3.05) is 31.4 Å². The number of likely N-dealkylation sites (N-methyl/N-ethyl adjacent to an activating group) is 1. The van der Waals surface area contributed by atoms with E-state index in [-0.39, 0.29) is 0 Å². The average molecular weight is 210 g/mol. The molecule has 1 atom stereocenters. The summed E-state index contributed by atoms with van der Waals surface area (Å²) < 4.78 is 0. The number of hydrazine groups is 1. The van der Waals surface area contributed by atoms with Gasteiger partial charge in [-0.15, -0.1) is 0 Å². The molecule has 1 aromatic rings. The van der Waals surface area contributed by atoms with Crippen molar-refractivity contribution in [2.24, 2.45) is 5.84 Å². The van der Waals surface area contributed by atoms with Crippen LogP contribution in [-0.2, 0) is 0 Å². The Bertz CT molecular complexity index is 300. The van der Waals surface area contributed by atoms with Crippen LogP contribution in [0.1, 0.15) is 6.92 Å². The smallest absolute Gasteiger partial charge is 0.239 e. The summed E-state index contributed by atoms with van der Waals surface area (Å²) in [6, 6.07) is 2.13. The number of nitrogens with zero attached hydrogens (tertiary/aromatic N) is 3. The predicted molar refractivity (Wildman–Crippen MR) is 61.5 cm³/mol. The van der Waals surface area contributed by atoms with E-state index in [2.05, 4.69) is 32.5 Å². The monoisotopic (exact) mass is 210 g/mol. The molecule has 0 aliphatic heterocycles. The third-order valence-corrected chi connectivity index (χ3v) is 1.82. The highest BCUT2D eigenvalue weighted by atomic mass is 15.3. The van der Waals surface area contributed by atoms with Crippen LogP contribution in [0, 0.1) is 0 Å². The molecule has 1 unspecified atom stereocenters. The van der Waals surface area contributed by atoms with Crippen LogP contribution in [-0.4, -0.2) is 41.5 Å². The fourth-order valence-corrected chi connectivity index (χ4v) is 1.35. The van der Waals surface area contributed by atoms with Gasteiger partial charge in [-0.25, -0.2) is 10.8 Å². The first-order valence-corrected chi connectivity index (χ1v) is 4.82. The van der Waals surface area contributed by atoms with Gasteiger partial charge in [-0.3, -0.25) is 5.43 Å². The van der Waals surface area contributed by atoms with E-state index >= 15 is 0 Å². The fraction of sp³-hybridized carbons (Fsp3) is 0.556. The van der Waals surface area contributed by atoms with E-state index in [1.54, 1.807) is 6.20 Å². The summed E-state index contributed by atoms with van der Waals surface area (Å²) in [5.41, 5.74) is 2.41. The molecule has 15 heavy (non-hydrogen) atoms. The molecule has 0 aromatic carbocycles. The molecule has 0 aliphatic carbocycles. The quantitative estimate of drug-likeness (QED) is 0.473. The van der Waals surface area contributed by atoms with Gasteiger partial charge in [-0.1, -0.05) is 0 Å². The summed E-state index contributed by atoms with van der Waals surface area (Å²) in [5.74, 6) is 6.40. The Morgan fingerprint density at radius 2 is 2.27 bits per heavy atom. The highest BCUT2D eigenvalue weighted by molar-refractivity contribution is 5.39. The Kier molecular flexibility index (Phi) is 4.26. The molecule has 1 heterocycles. The topological polar surface area (TPSA) is 79.1 Å². The molecule has 0 saturated heterocycles. The summed E-state index contributed by atoms with van der Waals surface area (Å²) >= 11 is 0. The van der Waals surface area contributed by atoms with Crippen LogP contribution in [0.25, 0.3) is 0 Å². The van der Waals surface area contributed by atoms with Gasteiger partial charge in [0, 0.05) is 18.8 Å². The molecule has 0 spiro atoms. The highest BCUT2D eigenvalue weighted by Crippen LogP contribution is 2.06. The molecule has 0 fully saturated rings. The van der Waals surface area contributed by atoms with E-state index in [1.807, 2.05) is 20.2 Å². The van der Waals surface area contributed by atoms with Gasteiger partial charge in [-0.05, 0) is 27.1 Å². The SMILES string of the molecule is CC(CN(C)C)Nc1ccnc(NN)n1. The number of nitrogens with two attached hydrogens (primary N) is 1. The van der Waals surface area contributed by atoms with Crippen LogP contribution in [0.3, 0.4) is 0 Å². The van der Waals surface area contributed by atoms with E-state index in [9.17, 15) is 0 Å². The molecule has 1 rings (SSSR count). The first-order chi connectivity index (χ1) is 7.11.